The Kier molecular flexibility index (Phi) is 16.7. The van der Waals surface area contributed by atoms with E-state index in [2.05, 4.69) is 9.80 Å². The summed E-state index contributed by atoms with van der Waals surface area (Å²) in [5.41, 5.74) is -4.25. The van der Waals surface area contributed by atoms with Gasteiger partial charge in [0, 0.05) is 93.6 Å². The van der Waals surface area contributed by atoms with Crippen molar-refractivity contribution in [3.05, 3.63) is 136 Å². The molecule has 1 N–H and O–H groups in total. The highest BCUT2D eigenvalue weighted by molar-refractivity contribution is 6.02. The number of benzene rings is 2. The molecule has 2 aromatic carbocycles. The molecule has 8 fully saturated rings. The van der Waals surface area contributed by atoms with E-state index >= 15 is 8.78 Å². The summed E-state index contributed by atoms with van der Waals surface area (Å²) in [6.07, 6.45) is 11.7. The maximum atomic E-state index is 16.9. The molecule has 6 aromatic rings. The number of esters is 3. The highest BCUT2D eigenvalue weighted by atomic mass is 19.1. The number of aliphatic hydroxyl groups is 1. The van der Waals surface area contributed by atoms with Crippen molar-refractivity contribution in [1.29, 1.82) is 0 Å². The number of pyridine rings is 2. The lowest BCUT2D eigenvalue weighted by atomic mass is 9.49. The molecule has 26 nitrogen and oxygen atoms in total. The Balaban J connectivity index is 0.696. The maximum Gasteiger partial charge on any atom is 0.519 e. The third-order valence-electron chi connectivity index (χ3n) is 23.0. The van der Waals surface area contributed by atoms with Gasteiger partial charge in [0.2, 0.25) is 16.6 Å². The monoisotopic (exact) mass is 1380 g/mol. The maximum absolute atomic E-state index is 16.9. The Morgan fingerprint density at radius 1 is 0.690 bits per heavy atom. The SMILES string of the molecule is COc1c(N2CCN(Cc3oc(=O)oc3C)C(C)C2)c(F)cc2c(=O)c(C(=O)OCC(COC(=O)c3cn(C4CC4)c4c(OC)c(N5CCN(Cc6oc(=O)oc6C)C(C)C5)c(F)cc4c3=O)C(=O)OCC(=O)[C@@]34CC[C@H]5[C@@H]6CCC7=CC(=O)C=C[C@]7(C)C6[C@@H](O)C[C@@]53O4)cn(C3CC3)c12. The third-order valence-corrected chi connectivity index (χ3v) is 23.0. The zero-order valence-electron chi connectivity index (χ0n) is 56.5. The second-order valence-electron chi connectivity index (χ2n) is 28.8. The summed E-state index contributed by atoms with van der Waals surface area (Å²) in [6, 6.07) is 1.25. The number of hydrogen-bond acceptors (Lipinski definition) is 24. The van der Waals surface area contributed by atoms with Crippen molar-refractivity contribution in [3.63, 3.8) is 0 Å². The van der Waals surface area contributed by atoms with Crippen molar-refractivity contribution in [2.45, 2.75) is 147 Å². The highest BCUT2D eigenvalue weighted by Gasteiger charge is 2.83. The molecule has 28 heteroatoms. The smallest absolute Gasteiger partial charge is 0.492 e. The third kappa shape index (κ3) is 11.1. The second-order valence-corrected chi connectivity index (χ2v) is 28.8. The molecular formula is C72H78F2N6O20. The van der Waals surface area contributed by atoms with Crippen LogP contribution in [0.5, 0.6) is 11.5 Å². The summed E-state index contributed by atoms with van der Waals surface area (Å²) >= 11 is 0. The molecule has 15 rings (SSSR count). The fraction of sp³-hybridized carbons (Fsp3) is 0.542. The van der Waals surface area contributed by atoms with Gasteiger partial charge in [0.25, 0.3) is 0 Å². The van der Waals surface area contributed by atoms with Crippen molar-refractivity contribution in [2.24, 2.45) is 29.1 Å². The molecule has 0 amide bonds. The van der Waals surface area contributed by atoms with Gasteiger partial charge in [-0.3, -0.25) is 33.8 Å². The molecule has 0 radical (unpaired) electrons. The van der Waals surface area contributed by atoms with Crippen LogP contribution in [-0.4, -0.2) is 156 Å². The number of carbonyl (C=O) groups is 5. The van der Waals surface area contributed by atoms with Crippen molar-refractivity contribution in [3.8, 4) is 11.5 Å². The molecule has 4 aromatic heterocycles. The number of ether oxygens (including phenoxy) is 6. The average Bonchev–Trinajstić information content (AvgIpc) is 1.48. The van der Waals surface area contributed by atoms with Crippen LogP contribution >= 0.6 is 0 Å². The van der Waals surface area contributed by atoms with E-state index in [0.717, 1.165) is 17.7 Å². The summed E-state index contributed by atoms with van der Waals surface area (Å²) in [7, 11) is 2.72. The van der Waals surface area contributed by atoms with Crippen LogP contribution in [0.3, 0.4) is 0 Å². The number of Topliss-reactive ketones (excluding diaryl/α,β-unsaturated/α-hetero) is 1. The predicted octanol–water partition coefficient (Wildman–Crippen LogP) is 6.93. The van der Waals surface area contributed by atoms with Crippen molar-refractivity contribution in [1.82, 2.24) is 18.9 Å². The number of halogens is 2. The first-order chi connectivity index (χ1) is 47.8. The first kappa shape index (κ1) is 66.9. The molecule has 9 atom stereocenters. The van der Waals surface area contributed by atoms with E-state index in [1.807, 2.05) is 36.6 Å². The minimum atomic E-state index is -1.71. The summed E-state index contributed by atoms with van der Waals surface area (Å²) in [4.78, 5) is 131. The summed E-state index contributed by atoms with van der Waals surface area (Å²) in [5, 5.41) is 11.6. The van der Waals surface area contributed by atoms with Gasteiger partial charge in [-0.25, -0.2) is 28.0 Å². The van der Waals surface area contributed by atoms with Crippen LogP contribution in [0.15, 0.2) is 85.2 Å². The van der Waals surface area contributed by atoms with Crippen molar-refractivity contribution in [2.75, 3.05) is 83.1 Å². The molecule has 5 saturated carbocycles. The molecule has 530 valence electrons. The van der Waals surface area contributed by atoms with E-state index in [4.69, 9.17) is 46.1 Å². The summed E-state index contributed by atoms with van der Waals surface area (Å²) < 4.78 is 93.5. The van der Waals surface area contributed by atoms with E-state index in [-0.39, 0.29) is 118 Å². The van der Waals surface area contributed by atoms with E-state index in [9.17, 15) is 48.3 Å². The number of rotatable bonds is 20. The number of carbonyl (C=O) groups excluding carboxylic acids is 5. The Labute approximate surface area is 569 Å². The summed E-state index contributed by atoms with van der Waals surface area (Å²) in [5.74, 6) is -8.07. The Morgan fingerprint density at radius 3 is 1.66 bits per heavy atom. The van der Waals surface area contributed by atoms with Crippen LogP contribution in [0.4, 0.5) is 20.2 Å². The molecule has 3 aliphatic heterocycles. The van der Waals surface area contributed by atoms with Gasteiger partial charge in [0.15, 0.2) is 52.6 Å². The first-order valence-electron chi connectivity index (χ1n) is 34.3. The number of methoxy groups -OCH3 is 2. The Morgan fingerprint density at radius 2 is 1.20 bits per heavy atom. The molecule has 3 saturated heterocycles. The van der Waals surface area contributed by atoms with Gasteiger partial charge < -0.3 is 70.1 Å². The standard InChI is InChI=1S/C72H78F2N6O20/c1-35-26-77(20-18-75(35)30-53-37(3)96-68(89)98-53)59-50(73)23-45-57(63(59)91-6)79(41-9-10-41)28-47(61(45)84)66(87)93-32-39(65(86)95-34-55(83)71-17-15-49-44-13-8-40-22-43(81)14-16-70(40,5)56(44)52(82)25-72(49,71)100-71)33-94-67(88)48-29-80(42-11-12-42)58-46(62(48)85)24-51(74)60(64(58)92-7)78-21-19-76(36(2)27-78)31-54-38(4)97-69(90)99-54/h14,16,22-24,28-29,35-36,39,41-42,44,49,52,56,82H,8-13,15,17-21,25-27,30-34H2,1-7H3/t35?,36?,39?,44-,49-,52-,56?,70-,71-,72+/m0/s1. The van der Waals surface area contributed by atoms with Crippen LogP contribution in [0, 0.1) is 54.6 Å². The van der Waals surface area contributed by atoms with E-state index in [1.54, 1.807) is 35.1 Å². The molecule has 100 heavy (non-hydrogen) atoms. The fourth-order valence-corrected chi connectivity index (χ4v) is 17.6. The number of fused-ring (bicyclic) bond motifs is 6. The number of ketones is 2. The fourth-order valence-electron chi connectivity index (χ4n) is 17.6. The van der Waals surface area contributed by atoms with Gasteiger partial charge in [0.05, 0.1) is 55.2 Å². The van der Waals surface area contributed by atoms with Crippen LogP contribution in [0.2, 0.25) is 0 Å². The largest absolute Gasteiger partial charge is 0.519 e. The first-order valence-corrected chi connectivity index (χ1v) is 34.3. The van der Waals surface area contributed by atoms with Crippen LogP contribution in [-0.2, 0) is 46.4 Å². The number of piperazine rings is 2. The normalized spacial score (nSPS) is 27.5. The minimum Gasteiger partial charge on any atom is -0.492 e. The van der Waals surface area contributed by atoms with Gasteiger partial charge in [-0.15, -0.1) is 0 Å². The summed E-state index contributed by atoms with van der Waals surface area (Å²) in [6.45, 7) is 9.19. The molecule has 6 aliphatic carbocycles. The van der Waals surface area contributed by atoms with Crippen molar-refractivity contribution < 1.29 is 83.9 Å². The number of allylic oxidation sites excluding steroid dienone is 4. The lowest BCUT2D eigenvalue weighted by Gasteiger charge is -2.55. The van der Waals surface area contributed by atoms with E-state index in [1.165, 1.54) is 26.6 Å². The van der Waals surface area contributed by atoms with Gasteiger partial charge in [0.1, 0.15) is 58.8 Å². The quantitative estimate of drug-likeness (QED) is 0.0460. The second kappa shape index (κ2) is 25.0. The van der Waals surface area contributed by atoms with Gasteiger partial charge >= 0.3 is 29.6 Å². The molecule has 3 unspecified atom stereocenters. The zero-order chi connectivity index (χ0) is 70.3. The topological polar surface area (TPSA) is 308 Å². The molecular weight excluding hydrogens is 1310 g/mol. The number of aromatic nitrogens is 2. The Bertz CT molecular complexity index is 4520. The van der Waals surface area contributed by atoms with Crippen LogP contribution in [0.1, 0.15) is 134 Å². The number of epoxide rings is 1. The van der Waals surface area contributed by atoms with E-state index < -0.39 is 117 Å². The number of aliphatic hydroxyl groups excluding tert-OH is 1. The van der Waals surface area contributed by atoms with Gasteiger partial charge in [-0.05, 0) is 115 Å². The molecule has 1 spiro atoms. The average molecular weight is 1390 g/mol. The van der Waals surface area contributed by atoms with E-state index in [0.29, 0.717) is 107 Å². The van der Waals surface area contributed by atoms with Crippen molar-refractivity contribution >= 4 is 62.7 Å². The minimum absolute atomic E-state index is 0.0523. The van der Waals surface area contributed by atoms with Crippen LogP contribution < -0.4 is 41.8 Å². The number of aryl methyl sites for hydroxylation is 2. The zero-order valence-corrected chi connectivity index (χ0v) is 56.5. The lowest BCUT2D eigenvalue weighted by Crippen LogP contribution is -2.56. The number of anilines is 2. The van der Waals surface area contributed by atoms with Gasteiger partial charge in [-0.2, -0.15) is 0 Å². The Hall–Kier alpha value is -8.99. The number of hydrogen-bond donors (Lipinski definition) is 1. The molecule has 7 heterocycles. The molecule has 0 bridgehead atoms. The van der Waals surface area contributed by atoms with Crippen LogP contribution in [0.25, 0.3) is 21.8 Å². The molecule has 9 aliphatic rings. The highest BCUT2D eigenvalue weighted by Crippen LogP contribution is 2.73. The predicted molar refractivity (Wildman–Crippen MR) is 351 cm³/mol. The van der Waals surface area contributed by atoms with Gasteiger partial charge in [-0.1, -0.05) is 18.6 Å². The number of nitrogens with zero attached hydrogens (tertiary/aromatic N) is 6. The lowest BCUT2D eigenvalue weighted by molar-refractivity contribution is -0.155.